The van der Waals surface area contributed by atoms with Crippen LogP contribution in [0.25, 0.3) is 22.0 Å². The Bertz CT molecular complexity index is 1130. The third-order valence-corrected chi connectivity index (χ3v) is 5.77. The topological polar surface area (TPSA) is 56.1 Å². The molecule has 0 atom stereocenters. The highest BCUT2D eigenvalue weighted by Gasteiger charge is 2.12. The first-order valence-electron chi connectivity index (χ1n) is 9.39. The average molecular weight is 438 g/mol. The molecule has 0 spiro atoms. The summed E-state index contributed by atoms with van der Waals surface area (Å²) in [6.45, 7) is 0.700. The van der Waals surface area contributed by atoms with Crippen molar-refractivity contribution in [1.29, 1.82) is 0 Å². The second kappa shape index (κ2) is 9.15. The third kappa shape index (κ3) is 4.72. The standard InChI is InChI=1S/C23H20ClN3O2S/c1-29-19-10-4-16(5-11-19)13-25-22(28)14-27-12-2-3-21(27)23-26-20(15-30-23)17-6-8-18(24)9-7-17/h2-12,15H,13-14H2,1H3,(H,25,28). The maximum atomic E-state index is 12.5. The van der Waals surface area contributed by atoms with Crippen molar-refractivity contribution in [3.63, 3.8) is 0 Å². The van der Waals surface area contributed by atoms with Gasteiger partial charge >= 0.3 is 0 Å². The van der Waals surface area contributed by atoms with Gasteiger partial charge in [0.15, 0.2) is 0 Å². The van der Waals surface area contributed by atoms with Gasteiger partial charge in [-0.1, -0.05) is 35.9 Å². The number of carbonyl (C=O) groups excluding carboxylic acids is 1. The molecular weight excluding hydrogens is 418 g/mol. The Morgan fingerprint density at radius 1 is 1.13 bits per heavy atom. The summed E-state index contributed by atoms with van der Waals surface area (Å²) in [5.41, 5.74) is 3.84. The molecule has 0 bridgehead atoms. The number of halogens is 1. The molecule has 1 amide bonds. The van der Waals surface area contributed by atoms with E-state index in [4.69, 9.17) is 21.3 Å². The highest BCUT2D eigenvalue weighted by molar-refractivity contribution is 7.13. The Morgan fingerprint density at radius 3 is 2.63 bits per heavy atom. The normalized spacial score (nSPS) is 10.7. The van der Waals surface area contributed by atoms with Gasteiger partial charge in [-0.15, -0.1) is 11.3 Å². The van der Waals surface area contributed by atoms with E-state index in [1.54, 1.807) is 18.4 Å². The van der Waals surface area contributed by atoms with Crippen molar-refractivity contribution in [2.45, 2.75) is 13.1 Å². The number of ether oxygens (including phenoxy) is 1. The Hall–Kier alpha value is -3.09. The van der Waals surface area contributed by atoms with Crippen molar-refractivity contribution >= 4 is 28.8 Å². The number of hydrogen-bond acceptors (Lipinski definition) is 4. The van der Waals surface area contributed by atoms with Crippen molar-refractivity contribution in [3.8, 4) is 27.7 Å². The molecule has 0 saturated heterocycles. The highest BCUT2D eigenvalue weighted by atomic mass is 35.5. The summed E-state index contributed by atoms with van der Waals surface area (Å²) >= 11 is 7.52. The molecule has 0 radical (unpaired) electrons. The van der Waals surface area contributed by atoms with Gasteiger partial charge in [-0.2, -0.15) is 0 Å². The van der Waals surface area contributed by atoms with Gasteiger partial charge in [-0.05, 0) is 42.0 Å². The zero-order valence-corrected chi connectivity index (χ0v) is 17.9. The van der Waals surface area contributed by atoms with Crippen LogP contribution in [0.5, 0.6) is 5.75 Å². The fraction of sp³-hybridized carbons (Fsp3) is 0.130. The maximum absolute atomic E-state index is 12.5. The molecule has 5 nitrogen and oxygen atoms in total. The van der Waals surface area contributed by atoms with E-state index in [0.717, 1.165) is 33.3 Å². The van der Waals surface area contributed by atoms with Crippen molar-refractivity contribution < 1.29 is 9.53 Å². The summed E-state index contributed by atoms with van der Waals surface area (Å²) in [5.74, 6) is 0.737. The van der Waals surface area contributed by atoms with Crippen LogP contribution in [-0.4, -0.2) is 22.6 Å². The molecule has 0 fully saturated rings. The predicted molar refractivity (Wildman–Crippen MR) is 121 cm³/mol. The summed E-state index contributed by atoms with van der Waals surface area (Å²) in [6.07, 6.45) is 1.89. The molecule has 0 aliphatic heterocycles. The predicted octanol–water partition coefficient (Wildman–Crippen LogP) is 5.26. The Kier molecular flexibility index (Phi) is 6.16. The molecule has 4 rings (SSSR count). The first-order valence-corrected chi connectivity index (χ1v) is 10.6. The van der Waals surface area contributed by atoms with Gasteiger partial charge in [-0.25, -0.2) is 4.98 Å². The number of benzene rings is 2. The van der Waals surface area contributed by atoms with E-state index in [9.17, 15) is 4.79 Å². The summed E-state index contributed by atoms with van der Waals surface area (Å²) in [5, 5.41) is 6.54. The Morgan fingerprint density at radius 2 is 1.90 bits per heavy atom. The van der Waals surface area contributed by atoms with Crippen molar-refractivity contribution in [1.82, 2.24) is 14.9 Å². The molecule has 0 unspecified atom stereocenters. The lowest BCUT2D eigenvalue weighted by Crippen LogP contribution is -2.27. The third-order valence-electron chi connectivity index (χ3n) is 4.66. The van der Waals surface area contributed by atoms with Gasteiger partial charge in [0.05, 0.1) is 18.5 Å². The fourth-order valence-corrected chi connectivity index (χ4v) is 4.04. The van der Waals surface area contributed by atoms with E-state index in [1.165, 1.54) is 0 Å². The molecule has 1 N–H and O–H groups in total. The maximum Gasteiger partial charge on any atom is 0.240 e. The lowest BCUT2D eigenvalue weighted by Gasteiger charge is -2.09. The zero-order chi connectivity index (χ0) is 20.9. The van der Waals surface area contributed by atoms with Crippen molar-refractivity contribution in [3.05, 3.63) is 82.8 Å². The van der Waals surface area contributed by atoms with Gasteiger partial charge in [0, 0.05) is 28.7 Å². The molecule has 0 aliphatic rings. The molecule has 152 valence electrons. The van der Waals surface area contributed by atoms with Crippen LogP contribution in [0.2, 0.25) is 5.02 Å². The average Bonchev–Trinajstić information content (AvgIpc) is 3.42. The first-order chi connectivity index (χ1) is 14.6. The van der Waals surface area contributed by atoms with E-state index in [1.807, 2.05) is 76.8 Å². The Labute approximate surface area is 183 Å². The number of methoxy groups -OCH3 is 1. The van der Waals surface area contributed by atoms with Gasteiger partial charge in [0.1, 0.15) is 17.3 Å². The lowest BCUT2D eigenvalue weighted by molar-refractivity contribution is -0.121. The molecule has 2 aromatic heterocycles. The van der Waals surface area contributed by atoms with Gasteiger partial charge < -0.3 is 14.6 Å². The number of carbonyl (C=O) groups is 1. The summed E-state index contributed by atoms with van der Waals surface area (Å²) in [7, 11) is 1.63. The van der Waals surface area contributed by atoms with Gasteiger partial charge in [-0.3, -0.25) is 4.79 Å². The number of rotatable bonds is 7. The second-order valence-electron chi connectivity index (χ2n) is 6.69. The Balaban J connectivity index is 1.41. The number of hydrogen-bond donors (Lipinski definition) is 1. The molecule has 2 heterocycles. The number of aromatic nitrogens is 2. The van der Waals surface area contributed by atoms with Crippen LogP contribution in [0.15, 0.2) is 72.2 Å². The number of nitrogens with one attached hydrogen (secondary N) is 1. The zero-order valence-electron chi connectivity index (χ0n) is 16.3. The van der Waals surface area contributed by atoms with E-state index < -0.39 is 0 Å². The summed E-state index contributed by atoms with van der Waals surface area (Å²) in [4.78, 5) is 17.2. The van der Waals surface area contributed by atoms with Crippen molar-refractivity contribution in [2.24, 2.45) is 0 Å². The van der Waals surface area contributed by atoms with Crippen LogP contribution in [0, 0.1) is 0 Å². The van der Waals surface area contributed by atoms with E-state index in [0.29, 0.717) is 11.6 Å². The van der Waals surface area contributed by atoms with Gasteiger partial charge in [0.2, 0.25) is 5.91 Å². The van der Waals surface area contributed by atoms with E-state index >= 15 is 0 Å². The minimum atomic E-state index is -0.0576. The minimum absolute atomic E-state index is 0.0576. The van der Waals surface area contributed by atoms with E-state index in [-0.39, 0.29) is 12.5 Å². The molecule has 0 saturated carbocycles. The highest BCUT2D eigenvalue weighted by Crippen LogP contribution is 2.29. The molecule has 0 aliphatic carbocycles. The molecule has 30 heavy (non-hydrogen) atoms. The minimum Gasteiger partial charge on any atom is -0.497 e. The monoisotopic (exact) mass is 437 g/mol. The van der Waals surface area contributed by atoms with Gasteiger partial charge in [0.25, 0.3) is 0 Å². The summed E-state index contributed by atoms with van der Waals surface area (Å²) < 4.78 is 7.06. The molecule has 4 aromatic rings. The van der Waals surface area contributed by atoms with Crippen LogP contribution >= 0.6 is 22.9 Å². The van der Waals surface area contributed by atoms with Crippen LogP contribution in [0.4, 0.5) is 0 Å². The van der Waals surface area contributed by atoms with Crippen LogP contribution < -0.4 is 10.1 Å². The van der Waals surface area contributed by atoms with Crippen LogP contribution in [0.3, 0.4) is 0 Å². The molecular formula is C23H20ClN3O2S. The fourth-order valence-electron chi connectivity index (χ4n) is 3.05. The largest absolute Gasteiger partial charge is 0.497 e. The van der Waals surface area contributed by atoms with Crippen LogP contribution in [0.1, 0.15) is 5.56 Å². The second-order valence-corrected chi connectivity index (χ2v) is 7.99. The number of nitrogens with zero attached hydrogens (tertiary/aromatic N) is 2. The molecule has 2 aromatic carbocycles. The first kappa shape index (κ1) is 20.2. The molecule has 7 heteroatoms. The number of amides is 1. The smallest absolute Gasteiger partial charge is 0.240 e. The summed E-state index contributed by atoms with van der Waals surface area (Å²) in [6, 6.07) is 19.1. The van der Waals surface area contributed by atoms with Crippen molar-refractivity contribution in [2.75, 3.05) is 7.11 Å². The van der Waals surface area contributed by atoms with E-state index in [2.05, 4.69) is 5.32 Å². The quantitative estimate of drug-likeness (QED) is 0.429. The SMILES string of the molecule is COc1ccc(CNC(=O)Cn2cccc2-c2nc(-c3ccc(Cl)cc3)cs2)cc1. The number of thiazole rings is 1. The van der Waals surface area contributed by atoms with Crippen LogP contribution in [-0.2, 0) is 17.9 Å². The lowest BCUT2D eigenvalue weighted by atomic mass is 10.2.